The van der Waals surface area contributed by atoms with Gasteiger partial charge in [-0.25, -0.2) is 8.78 Å². The highest BCUT2D eigenvalue weighted by Crippen LogP contribution is 2.17. The normalized spacial score (nSPS) is 16.3. The van der Waals surface area contributed by atoms with Gasteiger partial charge in [-0.05, 0) is 31.2 Å². The summed E-state index contributed by atoms with van der Waals surface area (Å²) in [5, 5.41) is 2.33. The maximum atomic E-state index is 13.7. The lowest BCUT2D eigenvalue weighted by Crippen LogP contribution is -3.19. The van der Waals surface area contributed by atoms with E-state index in [9.17, 15) is 18.4 Å². The number of quaternary nitrogens is 1. The monoisotopic (exact) mass is 364 g/mol. The van der Waals surface area contributed by atoms with Crippen molar-refractivity contribution in [1.82, 2.24) is 4.90 Å². The number of piperazine rings is 1. The Labute approximate surface area is 149 Å². The molecule has 1 aliphatic rings. The molecular weight excluding hydrogens is 344 g/mol. The Morgan fingerprint density at radius 2 is 1.81 bits per heavy atom. The summed E-state index contributed by atoms with van der Waals surface area (Å²) in [5.74, 6) is -1.98. The highest BCUT2D eigenvalue weighted by Gasteiger charge is 2.32. The van der Waals surface area contributed by atoms with E-state index in [1.165, 1.54) is 12.3 Å². The predicted molar refractivity (Wildman–Crippen MR) is 89.8 cm³/mol. The number of amides is 2. The summed E-state index contributed by atoms with van der Waals surface area (Å²) in [5.41, 5.74) is -0.435. The molecule has 0 bridgehead atoms. The lowest BCUT2D eigenvalue weighted by atomic mass is 10.2. The third-order valence-electron chi connectivity index (χ3n) is 4.64. The number of benzene rings is 1. The third-order valence-corrected chi connectivity index (χ3v) is 4.64. The fourth-order valence-corrected chi connectivity index (χ4v) is 3.02. The molecule has 2 N–H and O–H groups in total. The van der Waals surface area contributed by atoms with Gasteiger partial charge in [0, 0.05) is 0 Å². The van der Waals surface area contributed by atoms with Crippen LogP contribution in [0.5, 0.6) is 0 Å². The molecule has 1 aromatic heterocycles. The number of nitrogens with one attached hydrogen (secondary N) is 2. The third kappa shape index (κ3) is 3.75. The van der Waals surface area contributed by atoms with E-state index in [-0.39, 0.29) is 11.7 Å². The minimum atomic E-state index is -0.811. The van der Waals surface area contributed by atoms with Crippen molar-refractivity contribution in [3.63, 3.8) is 0 Å². The first-order valence-corrected chi connectivity index (χ1v) is 8.39. The topological polar surface area (TPSA) is 67.0 Å². The zero-order chi connectivity index (χ0) is 18.7. The van der Waals surface area contributed by atoms with E-state index < -0.39 is 29.3 Å². The summed E-state index contributed by atoms with van der Waals surface area (Å²) in [6.07, 6.45) is 1.45. The molecule has 1 fully saturated rings. The average molecular weight is 364 g/mol. The van der Waals surface area contributed by atoms with Crippen molar-refractivity contribution >= 4 is 17.5 Å². The number of carbonyl (C=O) groups excluding carboxylic acids is 2. The smallest absolute Gasteiger partial charge is 0.289 e. The molecular formula is C18H20F2N3O3+. The fourth-order valence-electron chi connectivity index (χ4n) is 3.02. The molecule has 3 rings (SSSR count). The number of hydrogen-bond donors (Lipinski definition) is 2. The Hall–Kier alpha value is -2.74. The van der Waals surface area contributed by atoms with Crippen molar-refractivity contribution in [3.05, 3.63) is 54.0 Å². The van der Waals surface area contributed by atoms with Crippen LogP contribution in [0.3, 0.4) is 0 Å². The molecule has 0 aliphatic carbocycles. The zero-order valence-corrected chi connectivity index (χ0v) is 14.3. The molecule has 26 heavy (non-hydrogen) atoms. The first kappa shape index (κ1) is 18.1. The van der Waals surface area contributed by atoms with Crippen molar-refractivity contribution in [2.24, 2.45) is 0 Å². The number of nitrogens with zero attached hydrogens (tertiary/aromatic N) is 1. The van der Waals surface area contributed by atoms with Gasteiger partial charge in [-0.1, -0.05) is 6.07 Å². The first-order chi connectivity index (χ1) is 12.5. The van der Waals surface area contributed by atoms with Crippen LogP contribution in [-0.2, 0) is 4.79 Å². The van der Waals surface area contributed by atoms with Gasteiger partial charge in [0.1, 0.15) is 17.3 Å². The molecule has 2 amide bonds. The first-order valence-electron chi connectivity index (χ1n) is 8.39. The lowest BCUT2D eigenvalue weighted by molar-refractivity contribution is -0.917. The van der Waals surface area contributed by atoms with Gasteiger partial charge in [0.15, 0.2) is 11.8 Å². The van der Waals surface area contributed by atoms with Gasteiger partial charge in [0.25, 0.3) is 11.8 Å². The van der Waals surface area contributed by atoms with E-state index in [4.69, 9.17) is 4.42 Å². The summed E-state index contributed by atoms with van der Waals surface area (Å²) in [6, 6.07) is 6.19. The van der Waals surface area contributed by atoms with Gasteiger partial charge in [-0.2, -0.15) is 0 Å². The number of hydrogen-bond acceptors (Lipinski definition) is 3. The van der Waals surface area contributed by atoms with Crippen LogP contribution in [0.4, 0.5) is 14.5 Å². The van der Waals surface area contributed by atoms with Crippen molar-refractivity contribution in [2.45, 2.75) is 13.0 Å². The van der Waals surface area contributed by atoms with Crippen LogP contribution >= 0.6 is 0 Å². The van der Waals surface area contributed by atoms with E-state index in [0.29, 0.717) is 26.2 Å². The molecule has 1 aliphatic heterocycles. The maximum absolute atomic E-state index is 13.7. The molecule has 2 heterocycles. The van der Waals surface area contributed by atoms with Gasteiger partial charge in [0.05, 0.1) is 32.4 Å². The predicted octanol–water partition coefficient (Wildman–Crippen LogP) is 0.926. The highest BCUT2D eigenvalue weighted by atomic mass is 19.1. The van der Waals surface area contributed by atoms with Crippen LogP contribution < -0.4 is 10.2 Å². The molecule has 1 aromatic carbocycles. The largest absolute Gasteiger partial charge is 0.459 e. The molecule has 2 aromatic rings. The molecule has 138 valence electrons. The van der Waals surface area contributed by atoms with E-state index in [2.05, 4.69) is 5.32 Å². The molecule has 1 saturated heterocycles. The van der Waals surface area contributed by atoms with Crippen LogP contribution in [0.15, 0.2) is 41.0 Å². The second-order valence-corrected chi connectivity index (χ2v) is 6.24. The van der Waals surface area contributed by atoms with Crippen LogP contribution in [0.25, 0.3) is 0 Å². The van der Waals surface area contributed by atoms with Crippen molar-refractivity contribution in [1.29, 1.82) is 0 Å². The van der Waals surface area contributed by atoms with E-state index in [1.807, 2.05) is 0 Å². The Bertz CT molecular complexity index is 767. The molecule has 8 heteroatoms. The fraction of sp³-hybridized carbons (Fsp3) is 0.333. The average Bonchev–Trinajstić information content (AvgIpc) is 3.18. The standard InChI is InChI=1S/C18H19F2N3O3/c1-12(17(24)21-16-13(19)4-2-5-14(16)20)22-7-9-23(10-8-22)18(25)15-6-3-11-26-15/h2-6,11-12H,7-10H2,1H3,(H,21,24)/p+1/t12-/m1/s1. The lowest BCUT2D eigenvalue weighted by Gasteiger charge is -2.34. The molecule has 0 saturated carbocycles. The van der Waals surface area contributed by atoms with Gasteiger partial charge >= 0.3 is 0 Å². The van der Waals surface area contributed by atoms with Gasteiger partial charge in [-0.15, -0.1) is 0 Å². The summed E-state index contributed by atoms with van der Waals surface area (Å²) in [6.45, 7) is 3.76. The summed E-state index contributed by atoms with van der Waals surface area (Å²) in [7, 11) is 0. The minimum Gasteiger partial charge on any atom is -0.459 e. The van der Waals surface area contributed by atoms with Crippen LogP contribution in [-0.4, -0.2) is 48.9 Å². The molecule has 0 radical (unpaired) electrons. The quantitative estimate of drug-likeness (QED) is 0.848. The van der Waals surface area contributed by atoms with Crippen LogP contribution in [0.2, 0.25) is 0 Å². The number of halogens is 2. The van der Waals surface area contributed by atoms with Crippen LogP contribution in [0.1, 0.15) is 17.5 Å². The van der Waals surface area contributed by atoms with Crippen molar-refractivity contribution < 1.29 is 27.7 Å². The number of rotatable bonds is 4. The van der Waals surface area contributed by atoms with E-state index in [0.717, 1.165) is 17.0 Å². The van der Waals surface area contributed by atoms with E-state index >= 15 is 0 Å². The Morgan fingerprint density at radius 3 is 2.38 bits per heavy atom. The number of carbonyl (C=O) groups is 2. The summed E-state index contributed by atoms with van der Waals surface area (Å²) < 4.78 is 32.5. The summed E-state index contributed by atoms with van der Waals surface area (Å²) in [4.78, 5) is 27.2. The number of furan rings is 1. The molecule has 0 spiro atoms. The van der Waals surface area contributed by atoms with Crippen molar-refractivity contribution in [2.75, 3.05) is 31.5 Å². The van der Waals surface area contributed by atoms with Gasteiger partial charge < -0.3 is 19.5 Å². The molecule has 1 atom stereocenters. The van der Waals surface area contributed by atoms with Gasteiger partial charge in [-0.3, -0.25) is 9.59 Å². The summed E-state index contributed by atoms with van der Waals surface area (Å²) >= 11 is 0. The molecule has 0 unspecified atom stereocenters. The Balaban J connectivity index is 1.57. The van der Waals surface area contributed by atoms with Crippen molar-refractivity contribution in [3.8, 4) is 0 Å². The number of anilines is 1. The highest BCUT2D eigenvalue weighted by molar-refractivity contribution is 5.94. The second-order valence-electron chi connectivity index (χ2n) is 6.24. The SMILES string of the molecule is C[C@H](C(=O)Nc1c(F)cccc1F)[NH+]1CCN(C(=O)c2ccco2)CC1. The molecule has 6 nitrogen and oxygen atoms in total. The van der Waals surface area contributed by atoms with Gasteiger partial charge in [0.2, 0.25) is 0 Å². The minimum absolute atomic E-state index is 0.181. The Morgan fingerprint density at radius 1 is 1.15 bits per heavy atom. The second kappa shape index (κ2) is 7.65. The zero-order valence-electron chi connectivity index (χ0n) is 14.3. The Kier molecular flexibility index (Phi) is 5.32. The van der Waals surface area contributed by atoms with Crippen LogP contribution in [0, 0.1) is 11.6 Å². The maximum Gasteiger partial charge on any atom is 0.289 e. The van der Waals surface area contributed by atoms with E-state index in [1.54, 1.807) is 24.0 Å². The number of para-hydroxylation sites is 1.